The number of pyridine rings is 1. The lowest BCUT2D eigenvalue weighted by atomic mass is 10.1. The zero-order chi connectivity index (χ0) is 27.1. The summed E-state index contributed by atoms with van der Waals surface area (Å²) in [6, 6.07) is 15.6. The summed E-state index contributed by atoms with van der Waals surface area (Å²) >= 11 is 0. The van der Waals surface area contributed by atoms with Gasteiger partial charge in [-0.15, -0.1) is 0 Å². The molecule has 5 rings (SSSR count). The molecule has 4 N–H and O–H groups in total. The van der Waals surface area contributed by atoms with E-state index in [4.69, 9.17) is 10.5 Å². The van der Waals surface area contributed by atoms with Crippen LogP contribution in [0.2, 0.25) is 0 Å². The van der Waals surface area contributed by atoms with Gasteiger partial charge in [-0.3, -0.25) is 4.57 Å². The monoisotopic (exact) mass is 535 g/mol. The topological polar surface area (TPSA) is 127 Å². The van der Waals surface area contributed by atoms with E-state index in [0.29, 0.717) is 11.5 Å². The van der Waals surface area contributed by atoms with E-state index in [9.17, 15) is 8.42 Å². The van der Waals surface area contributed by atoms with Crippen LogP contribution in [0.15, 0.2) is 59.6 Å². The van der Waals surface area contributed by atoms with E-state index in [1.807, 2.05) is 34.9 Å². The third kappa shape index (κ3) is 5.17. The van der Waals surface area contributed by atoms with Gasteiger partial charge < -0.3 is 20.7 Å². The quantitative estimate of drug-likeness (QED) is 0.342. The van der Waals surface area contributed by atoms with Crippen molar-refractivity contribution in [2.45, 2.75) is 31.2 Å². The molecule has 0 bridgehead atoms. The summed E-state index contributed by atoms with van der Waals surface area (Å²) in [6.07, 6.45) is 1.66. The molecule has 0 unspecified atom stereocenters. The van der Waals surface area contributed by atoms with Crippen molar-refractivity contribution in [2.75, 3.05) is 49.3 Å². The minimum atomic E-state index is -3.82. The molecule has 38 heavy (non-hydrogen) atoms. The Bertz CT molecular complexity index is 1570. The molecule has 0 amide bonds. The highest BCUT2D eigenvalue weighted by molar-refractivity contribution is 7.89. The highest BCUT2D eigenvalue weighted by atomic mass is 32.2. The molecule has 200 valence electrons. The number of nitrogens with one attached hydrogen (secondary N) is 2. The number of fused-ring (bicyclic) bond motifs is 1. The molecule has 4 aromatic rings. The van der Waals surface area contributed by atoms with Crippen LogP contribution in [0.4, 0.5) is 17.5 Å². The fourth-order valence-electron chi connectivity index (χ4n) is 4.63. The number of nitrogen functional groups attached to an aromatic ring is 1. The highest BCUT2D eigenvalue weighted by Crippen LogP contribution is 2.31. The van der Waals surface area contributed by atoms with E-state index in [-0.39, 0.29) is 10.7 Å². The molecule has 2 aromatic heterocycles. The molecule has 0 radical (unpaired) electrons. The van der Waals surface area contributed by atoms with Crippen molar-refractivity contribution >= 4 is 38.5 Å². The Morgan fingerprint density at radius 2 is 1.66 bits per heavy atom. The van der Waals surface area contributed by atoms with Crippen molar-refractivity contribution in [3.05, 3.63) is 54.7 Å². The van der Waals surface area contributed by atoms with Crippen molar-refractivity contribution < 1.29 is 13.2 Å². The van der Waals surface area contributed by atoms with Crippen LogP contribution in [-0.2, 0) is 14.8 Å². The first kappa shape index (κ1) is 26.0. The van der Waals surface area contributed by atoms with Gasteiger partial charge in [-0.1, -0.05) is 6.07 Å². The summed E-state index contributed by atoms with van der Waals surface area (Å²) in [7, 11) is -2.17. The third-order valence-corrected chi connectivity index (χ3v) is 8.09. The van der Waals surface area contributed by atoms with E-state index in [1.54, 1.807) is 40.1 Å². The van der Waals surface area contributed by atoms with E-state index in [1.165, 1.54) is 0 Å². The van der Waals surface area contributed by atoms with Crippen LogP contribution in [0.25, 0.3) is 27.8 Å². The van der Waals surface area contributed by atoms with Gasteiger partial charge in [-0.25, -0.2) is 23.1 Å². The predicted molar refractivity (Wildman–Crippen MR) is 151 cm³/mol. The van der Waals surface area contributed by atoms with E-state index < -0.39 is 15.6 Å². The van der Waals surface area contributed by atoms with Crippen molar-refractivity contribution in [3.8, 4) is 16.8 Å². The van der Waals surface area contributed by atoms with Crippen LogP contribution in [0.5, 0.6) is 0 Å². The van der Waals surface area contributed by atoms with Crippen LogP contribution in [0.3, 0.4) is 0 Å². The molecule has 0 atom stereocenters. The highest BCUT2D eigenvalue weighted by Gasteiger charge is 2.26. The molecule has 10 nitrogen and oxygen atoms in total. The maximum absolute atomic E-state index is 13.2. The van der Waals surface area contributed by atoms with E-state index >= 15 is 0 Å². The van der Waals surface area contributed by atoms with Gasteiger partial charge in [0.25, 0.3) is 0 Å². The number of aromatic nitrogens is 3. The number of benzene rings is 2. The lowest BCUT2D eigenvalue weighted by molar-refractivity contribution is 0.122. The molecule has 11 heteroatoms. The van der Waals surface area contributed by atoms with Crippen LogP contribution in [0, 0.1) is 0 Å². The summed E-state index contributed by atoms with van der Waals surface area (Å²) in [5, 5.41) is 2.89. The summed E-state index contributed by atoms with van der Waals surface area (Å²) in [6.45, 7) is 8.58. The van der Waals surface area contributed by atoms with Crippen LogP contribution in [0.1, 0.15) is 20.8 Å². The Morgan fingerprint density at radius 3 is 2.32 bits per heavy atom. The van der Waals surface area contributed by atoms with E-state index in [2.05, 4.69) is 37.0 Å². The Labute approximate surface area is 222 Å². The number of hydrogen-bond donors (Lipinski definition) is 3. The molecule has 0 aliphatic carbocycles. The number of nitrogens with zero attached hydrogens (tertiary/aromatic N) is 4. The van der Waals surface area contributed by atoms with Gasteiger partial charge in [-0.2, -0.15) is 0 Å². The lowest BCUT2D eigenvalue weighted by Gasteiger charge is -2.29. The number of anilines is 3. The van der Waals surface area contributed by atoms with Gasteiger partial charge in [0.1, 0.15) is 10.7 Å². The predicted octanol–water partition coefficient (Wildman–Crippen LogP) is 3.62. The number of morpholine rings is 1. The molecule has 3 heterocycles. The van der Waals surface area contributed by atoms with Crippen molar-refractivity contribution in [2.24, 2.45) is 0 Å². The zero-order valence-electron chi connectivity index (χ0n) is 22.0. The smallest absolute Gasteiger partial charge is 0.244 e. The van der Waals surface area contributed by atoms with Gasteiger partial charge in [0.05, 0.1) is 24.2 Å². The van der Waals surface area contributed by atoms with Gasteiger partial charge in [0.15, 0.2) is 0 Å². The standard InChI is InChI=1S/C27H33N7O3S/c1-27(2,3)32-38(35,36)24-16-19(17-30-25(24)29-4)18-5-10-22-23(15-18)34(26(28)31-22)21-8-6-20(7-9-21)33-11-13-37-14-12-33/h5-10,15-17,32H,11-14H2,1-4H3,(H2,28,31)(H,29,30). The molecule has 0 saturated carbocycles. The number of sulfonamides is 1. The summed E-state index contributed by atoms with van der Waals surface area (Å²) < 4.78 is 36.4. The second kappa shape index (κ2) is 9.90. The summed E-state index contributed by atoms with van der Waals surface area (Å²) in [4.78, 5) is 11.3. The summed E-state index contributed by atoms with van der Waals surface area (Å²) in [5.41, 5.74) is 10.7. The van der Waals surface area contributed by atoms with Gasteiger partial charge in [0.2, 0.25) is 16.0 Å². The minimum absolute atomic E-state index is 0.0826. The maximum Gasteiger partial charge on any atom is 0.244 e. The third-order valence-electron chi connectivity index (χ3n) is 6.32. The first-order valence-corrected chi connectivity index (χ1v) is 14.0. The molecule has 1 fully saturated rings. The average Bonchev–Trinajstić information content (AvgIpc) is 3.22. The van der Waals surface area contributed by atoms with Gasteiger partial charge in [0, 0.05) is 48.8 Å². The molecule has 0 spiro atoms. The summed E-state index contributed by atoms with van der Waals surface area (Å²) in [5.74, 6) is 0.652. The Hall–Kier alpha value is -3.67. The number of nitrogens with two attached hydrogens (primary N) is 1. The Balaban J connectivity index is 1.55. The fourth-order valence-corrected chi connectivity index (χ4v) is 6.24. The SMILES string of the molecule is CNc1ncc(-c2ccc3nc(N)n(-c4ccc(N5CCOCC5)cc4)c3c2)cc1S(=O)(=O)NC(C)(C)C. The lowest BCUT2D eigenvalue weighted by Crippen LogP contribution is -2.40. The van der Waals surface area contributed by atoms with Crippen LogP contribution < -0.4 is 20.7 Å². The number of imidazole rings is 1. The maximum atomic E-state index is 13.2. The van der Waals surface area contributed by atoms with Gasteiger partial charge in [-0.05, 0) is 68.8 Å². The Morgan fingerprint density at radius 1 is 0.974 bits per heavy atom. The van der Waals surface area contributed by atoms with Crippen LogP contribution in [-0.4, -0.2) is 61.8 Å². The second-order valence-electron chi connectivity index (χ2n) is 10.3. The Kier molecular flexibility index (Phi) is 6.76. The number of ether oxygens (including phenoxy) is 1. The van der Waals surface area contributed by atoms with Crippen molar-refractivity contribution in [1.29, 1.82) is 0 Å². The normalized spacial score (nSPS) is 14.7. The van der Waals surface area contributed by atoms with E-state index in [0.717, 1.165) is 54.3 Å². The van der Waals surface area contributed by atoms with Crippen molar-refractivity contribution in [1.82, 2.24) is 19.3 Å². The minimum Gasteiger partial charge on any atom is -0.378 e. The van der Waals surface area contributed by atoms with Crippen molar-refractivity contribution in [3.63, 3.8) is 0 Å². The molecule has 1 saturated heterocycles. The average molecular weight is 536 g/mol. The molecular weight excluding hydrogens is 502 g/mol. The first-order valence-electron chi connectivity index (χ1n) is 12.5. The van der Waals surface area contributed by atoms with Gasteiger partial charge >= 0.3 is 0 Å². The largest absolute Gasteiger partial charge is 0.378 e. The second-order valence-corrected chi connectivity index (χ2v) is 12.0. The first-order chi connectivity index (χ1) is 18.1. The zero-order valence-corrected chi connectivity index (χ0v) is 22.8. The fraction of sp³-hybridized carbons (Fsp3) is 0.333. The number of hydrogen-bond acceptors (Lipinski definition) is 8. The molecular formula is C27H33N7O3S. The molecule has 1 aliphatic rings. The van der Waals surface area contributed by atoms with Crippen LogP contribution >= 0.6 is 0 Å². The molecule has 2 aromatic carbocycles. The molecule has 1 aliphatic heterocycles. The number of rotatable bonds is 6.